The molecule has 0 aliphatic carbocycles. The van der Waals surface area contributed by atoms with Gasteiger partial charge in [-0.05, 0) is 9.13 Å². The minimum atomic E-state index is -3.36. The summed E-state index contributed by atoms with van der Waals surface area (Å²) < 4.78 is 27.4. The molecular weight excluding hydrogens is 301 g/mol. The molecule has 0 aliphatic rings. The molecule has 0 aliphatic heterocycles. The second-order valence-corrected chi connectivity index (χ2v) is 3.04. The van der Waals surface area contributed by atoms with Crippen molar-refractivity contribution >= 4 is 40.4 Å². The molecule has 8 nitrogen and oxygen atoms in total. The number of hydrogen-bond donors (Lipinski definition) is 1. The van der Waals surface area contributed by atoms with Crippen LogP contribution in [0.1, 0.15) is 0 Å². The Hall–Kier alpha value is 0.0684. The first-order valence-electron chi connectivity index (χ1n) is 2.74. The molecule has 0 spiro atoms. The van der Waals surface area contributed by atoms with Crippen LogP contribution in [-0.4, -0.2) is 41.7 Å². The molecule has 0 aromatic heterocycles. The Labute approximate surface area is 91.4 Å². The van der Waals surface area contributed by atoms with Gasteiger partial charge in [0.15, 0.2) is 0 Å². The summed E-state index contributed by atoms with van der Waals surface area (Å²) in [6.07, 6.45) is -1.84. The first-order chi connectivity index (χ1) is 5.93. The van der Waals surface area contributed by atoms with E-state index in [9.17, 15) is 23.7 Å². The smallest absolute Gasteiger partial charge is 0.489 e. The Kier molecular flexibility index (Phi) is 9.88. The topological polar surface area (TPSA) is 136 Å². The van der Waals surface area contributed by atoms with Crippen LogP contribution in [0.4, 0.5) is 0 Å². The van der Waals surface area contributed by atoms with Gasteiger partial charge in [-0.15, -0.1) is 9.05 Å². The number of carbonyl (C=O) groups is 1. The van der Waals surface area contributed by atoms with E-state index in [4.69, 9.17) is 5.11 Å². The van der Waals surface area contributed by atoms with E-state index >= 15 is 0 Å². The quantitative estimate of drug-likeness (QED) is 0.445. The average Bonchev–Trinajstić information content (AvgIpc) is 1.96. The summed E-state index contributed by atoms with van der Waals surface area (Å²) in [5.41, 5.74) is 0. The fraction of sp³-hybridized carbons (Fsp3) is 0.667. The first kappa shape index (κ1) is 16.5. The molecule has 3 unspecified atom stereocenters. The summed E-state index contributed by atoms with van der Waals surface area (Å²) in [7, 11) is -6.58. The first-order valence-corrected chi connectivity index (χ1v) is 4.94. The number of hydrogen-bond acceptors (Lipinski definition) is 7. The third kappa shape index (κ3) is 8.66. The van der Waals surface area contributed by atoms with Gasteiger partial charge in [-0.2, -0.15) is 0 Å². The summed E-state index contributed by atoms with van der Waals surface area (Å²) >= 11 is 0. The van der Waals surface area contributed by atoms with Gasteiger partial charge in [0.25, 0.3) is 0 Å². The second-order valence-electron chi connectivity index (χ2n) is 1.68. The van der Waals surface area contributed by atoms with Gasteiger partial charge in [0.2, 0.25) is 6.10 Å². The van der Waals surface area contributed by atoms with Crippen LogP contribution >= 0.6 is 16.5 Å². The number of carboxylic acid groups (broad SMARTS) is 1. The van der Waals surface area contributed by atoms with E-state index in [1.165, 1.54) is 0 Å². The van der Waals surface area contributed by atoms with Crippen LogP contribution in [-0.2, 0) is 23.0 Å². The monoisotopic (exact) mass is 305 g/mol. The van der Waals surface area contributed by atoms with Gasteiger partial charge in [0, 0.05) is 18.0 Å². The molecule has 11 heteroatoms. The van der Waals surface area contributed by atoms with Crippen molar-refractivity contribution in [2.24, 2.45) is 0 Å². The van der Waals surface area contributed by atoms with Crippen molar-refractivity contribution < 1.29 is 37.9 Å². The second kappa shape index (κ2) is 8.38. The minimum absolute atomic E-state index is 0. The molecule has 3 radical (unpaired) electrons. The van der Waals surface area contributed by atoms with Crippen LogP contribution < -0.4 is 9.79 Å². The molecule has 0 fully saturated rings. The van der Waals surface area contributed by atoms with Crippen LogP contribution in [0.5, 0.6) is 0 Å². The summed E-state index contributed by atoms with van der Waals surface area (Å²) in [5.74, 6) is -1.63. The molecule has 3 atom stereocenters. The van der Waals surface area contributed by atoms with Gasteiger partial charge < -0.3 is 14.9 Å². The third-order valence-corrected chi connectivity index (χ3v) is 1.61. The summed E-state index contributed by atoms with van der Waals surface area (Å²) in [5, 5.41) is 8.27. The maximum atomic E-state index is 10.2. The zero-order valence-electron chi connectivity index (χ0n) is 6.43. The number of rotatable bonds is 6. The molecule has 0 amide bonds. The van der Waals surface area contributed by atoms with Crippen molar-refractivity contribution in [3.05, 3.63) is 0 Å². The predicted octanol–water partition coefficient (Wildman–Crippen LogP) is -1.87. The Bertz CT molecular complexity index is 231. The largest absolute Gasteiger partial charge is 0.566 e. The van der Waals surface area contributed by atoms with Crippen LogP contribution in [0.3, 0.4) is 0 Å². The predicted molar refractivity (Wildman–Crippen MR) is 39.4 cm³/mol. The molecule has 0 aromatic rings. The maximum Gasteiger partial charge on any atom is 0.489 e. The van der Waals surface area contributed by atoms with Gasteiger partial charge in [-0.1, -0.05) is 0 Å². The van der Waals surface area contributed by atoms with Crippen molar-refractivity contribution in [3.63, 3.8) is 0 Å². The van der Waals surface area contributed by atoms with E-state index in [0.717, 1.165) is 0 Å². The van der Waals surface area contributed by atoms with Gasteiger partial charge in [-0.3, -0.25) is 0 Å². The van der Waals surface area contributed by atoms with Crippen molar-refractivity contribution in [2.45, 2.75) is 6.10 Å². The standard InChI is InChI=1S/C3H4O8P2.As/c4-3(5)2(11-13(8)9)1-10-12(6)7;/h2H,1H2,(H,4,5);. The Balaban J connectivity index is 0. The molecule has 0 saturated carbocycles. The van der Waals surface area contributed by atoms with Crippen molar-refractivity contribution in [2.75, 3.05) is 6.61 Å². The molecule has 79 valence electrons. The fourth-order valence-electron chi connectivity index (χ4n) is 0.379. The van der Waals surface area contributed by atoms with Gasteiger partial charge >= 0.3 is 22.5 Å². The van der Waals surface area contributed by atoms with Crippen molar-refractivity contribution in [1.29, 1.82) is 0 Å². The molecular formula is C3H4AsO8P2. The van der Waals surface area contributed by atoms with E-state index < -0.39 is 35.2 Å². The Morgan fingerprint density at radius 1 is 1.36 bits per heavy atom. The van der Waals surface area contributed by atoms with Crippen LogP contribution in [0.25, 0.3) is 0 Å². The maximum absolute atomic E-state index is 10.2. The number of carboxylic acids is 1. The molecule has 0 rings (SSSR count). The van der Waals surface area contributed by atoms with Crippen molar-refractivity contribution in [1.82, 2.24) is 0 Å². The van der Waals surface area contributed by atoms with Gasteiger partial charge in [-0.25, -0.2) is 4.79 Å². The van der Waals surface area contributed by atoms with Crippen LogP contribution in [0.2, 0.25) is 0 Å². The average molecular weight is 305 g/mol. The van der Waals surface area contributed by atoms with E-state index in [2.05, 4.69) is 9.05 Å². The zero-order valence-corrected chi connectivity index (χ0v) is 10.1. The molecule has 0 heterocycles. The summed E-state index contributed by atoms with van der Waals surface area (Å²) in [6.45, 7) is -0.878. The van der Waals surface area contributed by atoms with E-state index in [1.54, 1.807) is 0 Å². The Morgan fingerprint density at radius 2 is 1.86 bits per heavy atom. The SMILES string of the molecule is O=C(O)C(CO[P+](=O)[O-])O[P+](=O)[O-].[As]. The molecule has 0 aromatic carbocycles. The number of aliphatic carboxylic acids is 1. The normalized spacial score (nSPS) is 13.9. The van der Waals surface area contributed by atoms with E-state index in [-0.39, 0.29) is 18.0 Å². The third-order valence-electron chi connectivity index (χ3n) is 0.820. The van der Waals surface area contributed by atoms with Gasteiger partial charge in [0.1, 0.15) is 6.61 Å². The molecule has 14 heavy (non-hydrogen) atoms. The minimum Gasteiger partial charge on any atom is -0.566 e. The molecule has 0 saturated heterocycles. The zero-order chi connectivity index (χ0) is 10.4. The van der Waals surface area contributed by atoms with E-state index in [0.29, 0.717) is 0 Å². The van der Waals surface area contributed by atoms with Gasteiger partial charge in [0.05, 0.1) is 0 Å². The Morgan fingerprint density at radius 3 is 2.14 bits per heavy atom. The summed E-state index contributed by atoms with van der Waals surface area (Å²) in [6, 6.07) is 0. The summed E-state index contributed by atoms with van der Waals surface area (Å²) in [4.78, 5) is 29.9. The van der Waals surface area contributed by atoms with Crippen molar-refractivity contribution in [3.8, 4) is 0 Å². The molecule has 1 N–H and O–H groups in total. The molecule has 0 bridgehead atoms. The fourth-order valence-corrected chi connectivity index (χ4v) is 0.995. The van der Waals surface area contributed by atoms with Crippen LogP contribution in [0.15, 0.2) is 0 Å². The van der Waals surface area contributed by atoms with Crippen LogP contribution in [0, 0.1) is 0 Å². The van der Waals surface area contributed by atoms with E-state index in [1.807, 2.05) is 0 Å².